The number of hydrogen-bond acceptors (Lipinski definition) is 3. The van der Waals surface area contributed by atoms with Crippen molar-refractivity contribution in [3.8, 4) is 0 Å². The summed E-state index contributed by atoms with van der Waals surface area (Å²) in [5.74, 6) is 0. The van der Waals surface area contributed by atoms with E-state index in [4.69, 9.17) is 4.74 Å². The van der Waals surface area contributed by atoms with Crippen LogP contribution in [0.15, 0.2) is 0 Å². The van der Waals surface area contributed by atoms with Gasteiger partial charge >= 0.3 is 6.09 Å². The molecule has 1 aliphatic carbocycles. The first-order valence-corrected chi connectivity index (χ1v) is 5.87. The van der Waals surface area contributed by atoms with Gasteiger partial charge in [-0.3, -0.25) is 0 Å². The summed E-state index contributed by atoms with van der Waals surface area (Å²) in [5, 5.41) is 9.77. The van der Waals surface area contributed by atoms with Crippen LogP contribution >= 0.6 is 0 Å². The third-order valence-electron chi connectivity index (χ3n) is 3.41. The first-order valence-electron chi connectivity index (χ1n) is 5.87. The molecule has 1 aliphatic heterocycles. The minimum absolute atomic E-state index is 0.105. The number of likely N-dealkylation sites (tertiary alicyclic amines) is 1. The maximum atomic E-state index is 11.9. The summed E-state index contributed by atoms with van der Waals surface area (Å²) in [6, 6.07) is 0. The van der Waals surface area contributed by atoms with Gasteiger partial charge in [-0.1, -0.05) is 0 Å². The summed E-state index contributed by atoms with van der Waals surface area (Å²) in [6.07, 6.45) is 2.11. The SMILES string of the molecule is CC(C)(C)OC(=O)N1CC[C@]12C[C@](C)(O)C2. The highest BCUT2D eigenvalue weighted by molar-refractivity contribution is 5.71. The number of aliphatic hydroxyl groups is 1. The van der Waals surface area contributed by atoms with E-state index in [0.29, 0.717) is 12.8 Å². The van der Waals surface area contributed by atoms with Crippen molar-refractivity contribution >= 4 is 6.09 Å². The lowest BCUT2D eigenvalue weighted by molar-refractivity contribution is -0.175. The Kier molecular flexibility index (Phi) is 2.29. The van der Waals surface area contributed by atoms with Crippen LogP contribution in [0.2, 0.25) is 0 Å². The molecule has 1 saturated heterocycles. The van der Waals surface area contributed by atoms with E-state index in [1.807, 2.05) is 27.7 Å². The molecule has 1 heterocycles. The molecule has 0 bridgehead atoms. The Morgan fingerprint density at radius 2 is 1.94 bits per heavy atom. The predicted octanol–water partition coefficient (Wildman–Crippen LogP) is 1.91. The van der Waals surface area contributed by atoms with Crippen LogP contribution in [0.4, 0.5) is 4.79 Å². The number of ether oxygens (including phenoxy) is 1. The summed E-state index contributed by atoms with van der Waals surface area (Å²) in [4.78, 5) is 13.7. The minimum atomic E-state index is -0.597. The molecule has 2 fully saturated rings. The molecule has 0 atom stereocenters. The van der Waals surface area contributed by atoms with Crippen molar-refractivity contribution in [2.45, 2.75) is 63.7 Å². The fourth-order valence-corrected chi connectivity index (χ4v) is 2.88. The van der Waals surface area contributed by atoms with E-state index < -0.39 is 11.2 Å². The van der Waals surface area contributed by atoms with Crippen LogP contribution in [-0.4, -0.2) is 39.4 Å². The van der Waals surface area contributed by atoms with E-state index in [1.165, 1.54) is 0 Å². The van der Waals surface area contributed by atoms with E-state index in [9.17, 15) is 9.90 Å². The van der Waals surface area contributed by atoms with Crippen LogP contribution in [0.3, 0.4) is 0 Å². The zero-order chi connectivity index (χ0) is 12.2. The van der Waals surface area contributed by atoms with E-state index in [-0.39, 0.29) is 11.6 Å². The Labute approximate surface area is 96.6 Å². The molecule has 4 heteroatoms. The van der Waals surface area contributed by atoms with Crippen molar-refractivity contribution in [1.82, 2.24) is 4.90 Å². The Hall–Kier alpha value is -0.770. The summed E-state index contributed by atoms with van der Waals surface area (Å²) in [7, 11) is 0. The lowest BCUT2D eigenvalue weighted by Crippen LogP contribution is -2.73. The Morgan fingerprint density at radius 1 is 1.38 bits per heavy atom. The lowest BCUT2D eigenvalue weighted by Gasteiger charge is -2.63. The summed E-state index contributed by atoms with van der Waals surface area (Å²) < 4.78 is 5.35. The van der Waals surface area contributed by atoms with Gasteiger partial charge in [0.1, 0.15) is 5.60 Å². The summed E-state index contributed by atoms with van der Waals surface area (Å²) in [5.41, 5.74) is -1.15. The molecule has 0 radical (unpaired) electrons. The van der Waals surface area contributed by atoms with Crippen LogP contribution in [-0.2, 0) is 4.74 Å². The van der Waals surface area contributed by atoms with Crippen LogP contribution in [0.1, 0.15) is 47.0 Å². The molecule has 0 aromatic carbocycles. The van der Waals surface area contributed by atoms with Gasteiger partial charge in [-0.25, -0.2) is 4.79 Å². The van der Waals surface area contributed by atoms with Crippen molar-refractivity contribution < 1.29 is 14.6 Å². The Bertz CT molecular complexity index is 309. The van der Waals surface area contributed by atoms with Gasteiger partial charge in [0, 0.05) is 6.54 Å². The van der Waals surface area contributed by atoms with Gasteiger partial charge in [-0.05, 0) is 47.0 Å². The second-order valence-corrected chi connectivity index (χ2v) is 6.46. The standard InChI is InChI=1S/C12H21NO3/c1-10(2,3)16-9(14)13-6-5-12(13)7-11(4,15)8-12/h15H,5-8H2,1-4H3/t11-,12+. The summed E-state index contributed by atoms with van der Waals surface area (Å²) in [6.45, 7) is 8.19. The molecule has 2 aliphatic rings. The molecule has 1 N–H and O–H groups in total. The number of carbonyl (C=O) groups excluding carboxylic acids is 1. The van der Waals surface area contributed by atoms with Gasteiger partial charge in [0.2, 0.25) is 0 Å². The molecule has 92 valence electrons. The molecule has 1 spiro atoms. The van der Waals surface area contributed by atoms with Crippen molar-refractivity contribution in [1.29, 1.82) is 0 Å². The molecular weight excluding hydrogens is 206 g/mol. The fraction of sp³-hybridized carbons (Fsp3) is 0.917. The molecule has 0 aromatic heterocycles. The highest BCUT2D eigenvalue weighted by atomic mass is 16.6. The zero-order valence-electron chi connectivity index (χ0n) is 10.5. The Balaban J connectivity index is 1.95. The number of carbonyl (C=O) groups is 1. The second-order valence-electron chi connectivity index (χ2n) is 6.46. The van der Waals surface area contributed by atoms with Gasteiger partial charge in [-0.2, -0.15) is 0 Å². The fourth-order valence-electron chi connectivity index (χ4n) is 2.88. The molecule has 1 saturated carbocycles. The average molecular weight is 227 g/mol. The third-order valence-corrected chi connectivity index (χ3v) is 3.41. The molecule has 16 heavy (non-hydrogen) atoms. The maximum absolute atomic E-state index is 11.9. The average Bonchev–Trinajstić information content (AvgIpc) is 1.92. The van der Waals surface area contributed by atoms with Gasteiger partial charge in [0.05, 0.1) is 11.1 Å². The summed E-state index contributed by atoms with van der Waals surface area (Å²) >= 11 is 0. The van der Waals surface area contributed by atoms with E-state index in [2.05, 4.69) is 0 Å². The van der Waals surface area contributed by atoms with Crippen molar-refractivity contribution in [2.24, 2.45) is 0 Å². The maximum Gasteiger partial charge on any atom is 0.410 e. The first kappa shape index (κ1) is 11.7. The molecular formula is C12H21NO3. The predicted molar refractivity (Wildman–Crippen MR) is 60.1 cm³/mol. The lowest BCUT2D eigenvalue weighted by atomic mass is 9.59. The van der Waals surface area contributed by atoms with Gasteiger partial charge < -0.3 is 14.7 Å². The van der Waals surface area contributed by atoms with Gasteiger partial charge in [0.15, 0.2) is 0 Å². The number of amides is 1. The highest BCUT2D eigenvalue weighted by Crippen LogP contribution is 2.52. The molecule has 1 amide bonds. The molecule has 0 unspecified atom stereocenters. The monoisotopic (exact) mass is 227 g/mol. The van der Waals surface area contributed by atoms with E-state index in [1.54, 1.807) is 4.90 Å². The minimum Gasteiger partial charge on any atom is -0.444 e. The quantitative estimate of drug-likeness (QED) is 0.687. The van der Waals surface area contributed by atoms with Gasteiger partial charge in [-0.15, -0.1) is 0 Å². The van der Waals surface area contributed by atoms with E-state index in [0.717, 1.165) is 13.0 Å². The largest absolute Gasteiger partial charge is 0.444 e. The van der Waals surface area contributed by atoms with Crippen LogP contribution in [0.5, 0.6) is 0 Å². The zero-order valence-corrected chi connectivity index (χ0v) is 10.5. The van der Waals surface area contributed by atoms with Crippen LogP contribution in [0.25, 0.3) is 0 Å². The topological polar surface area (TPSA) is 49.8 Å². The first-order chi connectivity index (χ1) is 7.14. The van der Waals surface area contributed by atoms with Crippen molar-refractivity contribution in [3.63, 3.8) is 0 Å². The highest BCUT2D eigenvalue weighted by Gasteiger charge is 2.61. The van der Waals surface area contributed by atoms with Crippen molar-refractivity contribution in [3.05, 3.63) is 0 Å². The number of hydrogen-bond donors (Lipinski definition) is 1. The molecule has 0 aromatic rings. The molecule has 2 rings (SSSR count). The molecule has 4 nitrogen and oxygen atoms in total. The smallest absolute Gasteiger partial charge is 0.410 e. The van der Waals surface area contributed by atoms with E-state index >= 15 is 0 Å². The van der Waals surface area contributed by atoms with Gasteiger partial charge in [0.25, 0.3) is 0 Å². The normalized spacial score (nSPS) is 37.9. The van der Waals surface area contributed by atoms with Crippen LogP contribution < -0.4 is 0 Å². The Morgan fingerprint density at radius 3 is 2.25 bits per heavy atom. The second kappa shape index (κ2) is 3.13. The number of nitrogens with zero attached hydrogens (tertiary/aromatic N) is 1. The van der Waals surface area contributed by atoms with Crippen molar-refractivity contribution in [2.75, 3.05) is 6.54 Å². The van der Waals surface area contributed by atoms with Crippen LogP contribution in [0, 0.1) is 0 Å². The number of rotatable bonds is 0. The third kappa shape index (κ3) is 1.90.